The molecule has 0 N–H and O–H groups in total. The number of benzene rings is 1. The van der Waals surface area contributed by atoms with Crippen molar-refractivity contribution >= 4 is 11.6 Å². The summed E-state index contributed by atoms with van der Waals surface area (Å²) in [4.78, 5) is 6.02. The number of pyridine rings is 1. The van der Waals surface area contributed by atoms with Crippen molar-refractivity contribution in [2.45, 2.75) is 19.3 Å². The Morgan fingerprint density at radius 1 is 1.18 bits per heavy atom. The van der Waals surface area contributed by atoms with Gasteiger partial charge in [0, 0.05) is 23.5 Å². The molecule has 2 nitrogen and oxygen atoms in total. The fourth-order valence-electron chi connectivity index (χ4n) is 2.38. The zero-order chi connectivity index (χ0) is 16.1. The lowest BCUT2D eigenvalue weighted by atomic mass is 9.96. The van der Waals surface area contributed by atoms with Crippen molar-refractivity contribution in [3.63, 3.8) is 0 Å². The Morgan fingerprint density at radius 3 is 2.59 bits per heavy atom. The van der Waals surface area contributed by atoms with Gasteiger partial charge in [0.25, 0.3) is 6.43 Å². The van der Waals surface area contributed by atoms with E-state index in [1.165, 1.54) is 12.3 Å². The molecule has 1 heterocycles. The average Bonchev–Trinajstić information content (AvgIpc) is 2.47. The highest BCUT2D eigenvalue weighted by atomic mass is 35.5. The van der Waals surface area contributed by atoms with E-state index >= 15 is 0 Å². The molecule has 0 radical (unpaired) electrons. The number of alkyl halides is 2. The normalized spacial score (nSPS) is 11.4. The molecule has 0 bridgehead atoms. The van der Waals surface area contributed by atoms with Gasteiger partial charge in [-0.3, -0.25) is 4.98 Å². The number of halogens is 3. The van der Waals surface area contributed by atoms with E-state index in [0.29, 0.717) is 16.1 Å². The molecule has 0 aliphatic carbocycles. The van der Waals surface area contributed by atoms with Gasteiger partial charge in [-0.05, 0) is 50.7 Å². The minimum absolute atomic E-state index is 0.00413. The molecule has 0 saturated carbocycles. The number of rotatable bonds is 6. The van der Waals surface area contributed by atoms with Crippen molar-refractivity contribution in [3.8, 4) is 11.1 Å². The van der Waals surface area contributed by atoms with Crippen LogP contribution in [0.3, 0.4) is 0 Å². The second-order valence-electron chi connectivity index (χ2n) is 5.48. The van der Waals surface area contributed by atoms with Gasteiger partial charge in [0.05, 0.1) is 5.02 Å². The Morgan fingerprint density at radius 2 is 1.95 bits per heavy atom. The standard InChI is InChI=1S/C17H19ClF2N2/c1-22(2)9-3-4-12-5-6-14(17(19)20)15(10-12)13-7-8-21-11-16(13)18/h5-8,10-11,17H,3-4,9H2,1-2H3. The molecule has 0 fully saturated rings. The Hall–Kier alpha value is -1.52. The molecule has 0 atom stereocenters. The van der Waals surface area contributed by atoms with E-state index in [2.05, 4.69) is 9.88 Å². The summed E-state index contributed by atoms with van der Waals surface area (Å²) in [5, 5.41) is 0.384. The summed E-state index contributed by atoms with van der Waals surface area (Å²) in [5.74, 6) is 0. The molecule has 1 aromatic carbocycles. The van der Waals surface area contributed by atoms with Crippen LogP contribution in [-0.2, 0) is 6.42 Å². The Bertz CT molecular complexity index is 630. The number of aryl methyl sites for hydroxylation is 1. The second kappa shape index (κ2) is 7.65. The molecule has 1 aromatic heterocycles. The molecule has 22 heavy (non-hydrogen) atoms. The van der Waals surface area contributed by atoms with Crippen LogP contribution in [0.5, 0.6) is 0 Å². The fourth-order valence-corrected chi connectivity index (χ4v) is 2.60. The van der Waals surface area contributed by atoms with Crippen molar-refractivity contribution in [1.82, 2.24) is 9.88 Å². The summed E-state index contributed by atoms with van der Waals surface area (Å²) in [7, 11) is 4.03. The predicted octanol–water partition coefficient (Wildman–Crippen LogP) is 4.83. The van der Waals surface area contributed by atoms with Gasteiger partial charge in [-0.1, -0.05) is 29.8 Å². The van der Waals surface area contributed by atoms with E-state index in [9.17, 15) is 8.78 Å². The number of hydrogen-bond donors (Lipinski definition) is 0. The van der Waals surface area contributed by atoms with Crippen LogP contribution in [0.2, 0.25) is 5.02 Å². The summed E-state index contributed by atoms with van der Waals surface area (Å²) in [5.41, 5.74) is 2.13. The molecular formula is C17H19ClF2N2. The SMILES string of the molecule is CN(C)CCCc1ccc(C(F)F)c(-c2ccncc2Cl)c1. The summed E-state index contributed by atoms with van der Waals surface area (Å²) < 4.78 is 26.5. The quantitative estimate of drug-likeness (QED) is 0.756. The third kappa shape index (κ3) is 4.24. The van der Waals surface area contributed by atoms with Gasteiger partial charge in [0.2, 0.25) is 0 Å². The van der Waals surface area contributed by atoms with Gasteiger partial charge in [-0.2, -0.15) is 0 Å². The molecule has 2 rings (SSSR count). The predicted molar refractivity (Wildman–Crippen MR) is 86.5 cm³/mol. The number of aromatic nitrogens is 1. The molecule has 0 aliphatic heterocycles. The lowest BCUT2D eigenvalue weighted by Gasteiger charge is -2.14. The number of hydrogen-bond acceptors (Lipinski definition) is 2. The Kier molecular flexibility index (Phi) is 5.86. The maximum Gasteiger partial charge on any atom is 0.264 e. The smallest absolute Gasteiger partial charge is 0.264 e. The van der Waals surface area contributed by atoms with E-state index in [1.54, 1.807) is 18.3 Å². The van der Waals surface area contributed by atoms with Crippen LogP contribution in [0.15, 0.2) is 36.7 Å². The zero-order valence-corrected chi connectivity index (χ0v) is 13.4. The van der Waals surface area contributed by atoms with Crippen molar-refractivity contribution in [2.24, 2.45) is 0 Å². The first-order valence-electron chi connectivity index (χ1n) is 7.14. The summed E-state index contributed by atoms with van der Waals surface area (Å²) >= 11 is 6.12. The monoisotopic (exact) mass is 324 g/mol. The van der Waals surface area contributed by atoms with E-state index < -0.39 is 6.43 Å². The minimum Gasteiger partial charge on any atom is -0.309 e. The average molecular weight is 325 g/mol. The van der Waals surface area contributed by atoms with Crippen LogP contribution in [0.1, 0.15) is 24.0 Å². The first-order valence-corrected chi connectivity index (χ1v) is 7.52. The Balaban J connectivity index is 2.35. The fraction of sp³-hybridized carbons (Fsp3) is 0.353. The summed E-state index contributed by atoms with van der Waals surface area (Å²) in [6.45, 7) is 0.960. The van der Waals surface area contributed by atoms with E-state index in [-0.39, 0.29) is 5.56 Å². The van der Waals surface area contributed by atoms with Crippen LogP contribution >= 0.6 is 11.6 Å². The lowest BCUT2D eigenvalue weighted by Crippen LogP contribution is -2.13. The van der Waals surface area contributed by atoms with Gasteiger partial charge >= 0.3 is 0 Å². The number of nitrogens with zero attached hydrogens (tertiary/aromatic N) is 2. The Labute approximate surface area is 134 Å². The topological polar surface area (TPSA) is 16.1 Å². The zero-order valence-electron chi connectivity index (χ0n) is 12.7. The van der Waals surface area contributed by atoms with Gasteiger partial charge in [-0.25, -0.2) is 8.78 Å². The molecule has 0 saturated heterocycles. The molecule has 2 aromatic rings. The van der Waals surface area contributed by atoms with Crippen molar-refractivity contribution in [3.05, 3.63) is 52.8 Å². The molecule has 0 unspecified atom stereocenters. The van der Waals surface area contributed by atoms with Crippen LogP contribution in [0, 0.1) is 0 Å². The summed E-state index contributed by atoms with van der Waals surface area (Å²) in [6, 6.07) is 6.77. The highest BCUT2D eigenvalue weighted by Crippen LogP contribution is 2.35. The molecule has 0 aliphatic rings. The van der Waals surface area contributed by atoms with E-state index in [4.69, 9.17) is 11.6 Å². The first-order chi connectivity index (χ1) is 10.5. The van der Waals surface area contributed by atoms with Crippen molar-refractivity contribution in [2.75, 3.05) is 20.6 Å². The van der Waals surface area contributed by atoms with E-state index in [0.717, 1.165) is 24.9 Å². The van der Waals surface area contributed by atoms with Crippen LogP contribution in [-0.4, -0.2) is 30.5 Å². The second-order valence-corrected chi connectivity index (χ2v) is 5.89. The third-order valence-electron chi connectivity index (χ3n) is 3.49. The van der Waals surface area contributed by atoms with Crippen molar-refractivity contribution in [1.29, 1.82) is 0 Å². The molecular weight excluding hydrogens is 306 g/mol. The van der Waals surface area contributed by atoms with Crippen molar-refractivity contribution < 1.29 is 8.78 Å². The van der Waals surface area contributed by atoms with Gasteiger partial charge in [0.1, 0.15) is 0 Å². The van der Waals surface area contributed by atoms with Gasteiger partial charge in [-0.15, -0.1) is 0 Å². The lowest BCUT2D eigenvalue weighted by molar-refractivity contribution is 0.152. The minimum atomic E-state index is -2.53. The van der Waals surface area contributed by atoms with Crippen LogP contribution in [0.25, 0.3) is 11.1 Å². The van der Waals surface area contributed by atoms with E-state index in [1.807, 2.05) is 20.2 Å². The third-order valence-corrected chi connectivity index (χ3v) is 3.79. The largest absolute Gasteiger partial charge is 0.309 e. The van der Waals surface area contributed by atoms with Crippen LogP contribution < -0.4 is 0 Å². The maximum absolute atomic E-state index is 13.3. The molecule has 5 heteroatoms. The first kappa shape index (κ1) is 16.8. The molecule has 118 valence electrons. The highest BCUT2D eigenvalue weighted by molar-refractivity contribution is 6.33. The molecule has 0 amide bonds. The maximum atomic E-state index is 13.3. The highest BCUT2D eigenvalue weighted by Gasteiger charge is 2.16. The van der Waals surface area contributed by atoms with Gasteiger partial charge < -0.3 is 4.90 Å². The summed E-state index contributed by atoms with van der Waals surface area (Å²) in [6.07, 6.45) is 2.33. The molecule has 0 spiro atoms. The van der Waals surface area contributed by atoms with Gasteiger partial charge in [0.15, 0.2) is 0 Å². The van der Waals surface area contributed by atoms with Crippen LogP contribution in [0.4, 0.5) is 8.78 Å².